The Hall–Kier alpha value is -2.49. The van der Waals surface area contributed by atoms with E-state index < -0.39 is 0 Å². The van der Waals surface area contributed by atoms with Crippen molar-refractivity contribution in [1.29, 1.82) is 0 Å². The topological polar surface area (TPSA) is 67.1 Å². The van der Waals surface area contributed by atoms with Crippen LogP contribution in [-0.2, 0) is 13.1 Å². The Kier molecular flexibility index (Phi) is 7.71. The molecule has 0 bridgehead atoms. The summed E-state index contributed by atoms with van der Waals surface area (Å²) < 4.78 is 15.5. The Morgan fingerprint density at radius 1 is 1.11 bits per heavy atom. The van der Waals surface area contributed by atoms with Gasteiger partial charge in [0.2, 0.25) is 0 Å². The first-order valence-corrected chi connectivity index (χ1v) is 8.31. The van der Waals surface area contributed by atoms with Crippen LogP contribution in [-0.4, -0.2) is 27.8 Å². The van der Waals surface area contributed by atoms with Crippen molar-refractivity contribution in [2.24, 2.45) is 4.99 Å². The Morgan fingerprint density at radius 2 is 1.85 bits per heavy atom. The van der Waals surface area contributed by atoms with E-state index >= 15 is 0 Å². The van der Waals surface area contributed by atoms with Gasteiger partial charge < -0.3 is 10.6 Å². The summed E-state index contributed by atoms with van der Waals surface area (Å²) in [5, 5.41) is 14.5. The molecule has 3 aromatic rings. The number of hydrogen-bond acceptors (Lipinski definition) is 3. The predicted molar refractivity (Wildman–Crippen MR) is 115 cm³/mol. The molecule has 142 valence electrons. The molecule has 2 N–H and O–H groups in total. The summed E-state index contributed by atoms with van der Waals surface area (Å²) in [5.74, 6) is 1.16. The van der Waals surface area contributed by atoms with Crippen LogP contribution in [0.1, 0.15) is 17.0 Å². The van der Waals surface area contributed by atoms with Crippen molar-refractivity contribution in [3.05, 3.63) is 77.6 Å². The third-order valence-corrected chi connectivity index (χ3v) is 3.99. The zero-order valence-corrected chi connectivity index (χ0v) is 17.5. The van der Waals surface area contributed by atoms with Crippen LogP contribution in [0.3, 0.4) is 0 Å². The monoisotopic (exact) mass is 480 g/mol. The Morgan fingerprint density at radius 3 is 2.56 bits per heavy atom. The maximum absolute atomic E-state index is 13.6. The molecule has 2 aromatic carbocycles. The largest absolute Gasteiger partial charge is 0.352 e. The van der Waals surface area contributed by atoms with Gasteiger partial charge in [0, 0.05) is 19.3 Å². The van der Waals surface area contributed by atoms with Crippen LogP contribution in [0.4, 0.5) is 4.39 Å². The molecule has 0 spiro atoms. The van der Waals surface area contributed by atoms with E-state index in [1.165, 1.54) is 6.07 Å². The normalized spacial score (nSPS) is 11.0. The van der Waals surface area contributed by atoms with E-state index in [2.05, 4.69) is 25.8 Å². The molecule has 0 unspecified atom stereocenters. The first kappa shape index (κ1) is 20.8. The van der Waals surface area contributed by atoms with Crippen molar-refractivity contribution < 1.29 is 4.39 Å². The quantitative estimate of drug-likeness (QED) is 0.335. The van der Waals surface area contributed by atoms with E-state index in [4.69, 9.17) is 0 Å². The van der Waals surface area contributed by atoms with Crippen LogP contribution in [0.25, 0.3) is 5.69 Å². The highest BCUT2D eigenvalue weighted by Crippen LogP contribution is 2.10. The van der Waals surface area contributed by atoms with Gasteiger partial charge in [0.25, 0.3) is 0 Å². The second kappa shape index (κ2) is 10.0. The van der Waals surface area contributed by atoms with Gasteiger partial charge in [-0.25, -0.2) is 4.39 Å². The van der Waals surface area contributed by atoms with Crippen LogP contribution in [0, 0.1) is 12.7 Å². The lowest BCUT2D eigenvalue weighted by molar-refractivity contribution is 0.615. The second-order valence-electron chi connectivity index (χ2n) is 5.82. The standard InChI is InChI=1S/C19H21FN6.HI/c1-14-8-9-15(10-17(14)20)11-22-19(21-2)23-12-18-25-24-13-26(18)16-6-4-3-5-7-16;/h3-10,13H,11-12H2,1-2H3,(H2,21,22,23);1H. The summed E-state index contributed by atoms with van der Waals surface area (Å²) in [6.45, 7) is 2.68. The zero-order chi connectivity index (χ0) is 18.4. The molecule has 0 saturated heterocycles. The second-order valence-corrected chi connectivity index (χ2v) is 5.82. The van der Waals surface area contributed by atoms with Gasteiger partial charge in [-0.15, -0.1) is 34.2 Å². The van der Waals surface area contributed by atoms with E-state index in [0.29, 0.717) is 24.6 Å². The summed E-state index contributed by atoms with van der Waals surface area (Å²) in [7, 11) is 1.69. The van der Waals surface area contributed by atoms with Gasteiger partial charge in [-0.2, -0.15) is 0 Å². The van der Waals surface area contributed by atoms with Crippen molar-refractivity contribution >= 4 is 29.9 Å². The molecule has 0 fully saturated rings. The number of para-hydroxylation sites is 1. The molecular formula is C19H22FIN6. The van der Waals surface area contributed by atoms with Crippen LogP contribution in [0.5, 0.6) is 0 Å². The zero-order valence-electron chi connectivity index (χ0n) is 15.2. The fraction of sp³-hybridized carbons (Fsp3) is 0.211. The number of guanidine groups is 1. The summed E-state index contributed by atoms with van der Waals surface area (Å²) in [6, 6.07) is 15.1. The van der Waals surface area contributed by atoms with Gasteiger partial charge in [-0.3, -0.25) is 9.56 Å². The Balaban J connectivity index is 0.00000261. The van der Waals surface area contributed by atoms with Crippen molar-refractivity contribution in [1.82, 2.24) is 25.4 Å². The van der Waals surface area contributed by atoms with Crippen LogP contribution in [0.15, 0.2) is 59.9 Å². The lowest BCUT2D eigenvalue weighted by atomic mass is 10.1. The van der Waals surface area contributed by atoms with Gasteiger partial charge >= 0.3 is 0 Å². The first-order chi connectivity index (χ1) is 12.7. The summed E-state index contributed by atoms with van der Waals surface area (Å²) in [4.78, 5) is 4.19. The first-order valence-electron chi connectivity index (χ1n) is 8.31. The number of nitrogens with one attached hydrogen (secondary N) is 2. The van der Waals surface area contributed by atoms with Gasteiger partial charge in [0.05, 0.1) is 6.54 Å². The highest BCUT2D eigenvalue weighted by molar-refractivity contribution is 14.0. The van der Waals surface area contributed by atoms with Crippen molar-refractivity contribution in [2.45, 2.75) is 20.0 Å². The lowest BCUT2D eigenvalue weighted by Gasteiger charge is -2.13. The minimum atomic E-state index is -0.205. The summed E-state index contributed by atoms with van der Waals surface area (Å²) in [6.07, 6.45) is 1.68. The number of aromatic nitrogens is 3. The SMILES string of the molecule is CN=C(NCc1ccc(C)c(F)c1)NCc1nncn1-c1ccccc1.I. The van der Waals surface area contributed by atoms with Crippen molar-refractivity contribution in [3.8, 4) is 5.69 Å². The minimum Gasteiger partial charge on any atom is -0.352 e. The molecular weight excluding hydrogens is 458 g/mol. The molecule has 3 rings (SSSR count). The van der Waals surface area contributed by atoms with E-state index in [0.717, 1.165) is 17.1 Å². The fourth-order valence-corrected chi connectivity index (χ4v) is 2.50. The van der Waals surface area contributed by atoms with Gasteiger partial charge in [-0.05, 0) is 36.2 Å². The number of halogens is 2. The third-order valence-electron chi connectivity index (χ3n) is 3.99. The molecule has 0 aliphatic heterocycles. The Labute approximate surface area is 175 Å². The molecule has 8 heteroatoms. The predicted octanol–water partition coefficient (Wildman–Crippen LogP) is 3.20. The number of hydrogen-bond donors (Lipinski definition) is 2. The molecule has 27 heavy (non-hydrogen) atoms. The number of rotatable bonds is 5. The molecule has 0 atom stereocenters. The number of nitrogens with zero attached hydrogens (tertiary/aromatic N) is 4. The molecule has 0 aliphatic rings. The van der Waals surface area contributed by atoms with E-state index in [9.17, 15) is 4.39 Å². The summed E-state index contributed by atoms with van der Waals surface area (Å²) in [5.41, 5.74) is 2.48. The van der Waals surface area contributed by atoms with E-state index in [1.807, 2.05) is 41.0 Å². The molecule has 1 heterocycles. The third kappa shape index (κ3) is 5.49. The number of aryl methyl sites for hydroxylation is 1. The molecule has 0 radical (unpaired) electrons. The summed E-state index contributed by atoms with van der Waals surface area (Å²) >= 11 is 0. The maximum Gasteiger partial charge on any atom is 0.191 e. The van der Waals surface area contributed by atoms with Crippen LogP contribution >= 0.6 is 24.0 Å². The van der Waals surface area contributed by atoms with Gasteiger partial charge in [-0.1, -0.05) is 30.3 Å². The Bertz CT molecular complexity index is 894. The number of aliphatic imine (C=N–C) groups is 1. The minimum absolute atomic E-state index is 0. The van der Waals surface area contributed by atoms with Crippen molar-refractivity contribution in [3.63, 3.8) is 0 Å². The molecule has 6 nitrogen and oxygen atoms in total. The highest BCUT2D eigenvalue weighted by atomic mass is 127. The van der Waals surface area contributed by atoms with Crippen molar-refractivity contribution in [2.75, 3.05) is 7.05 Å². The molecule has 0 aliphatic carbocycles. The average molecular weight is 480 g/mol. The van der Waals surface area contributed by atoms with Gasteiger partial charge in [0.15, 0.2) is 11.8 Å². The van der Waals surface area contributed by atoms with Crippen LogP contribution in [0.2, 0.25) is 0 Å². The van der Waals surface area contributed by atoms with E-state index in [1.54, 1.807) is 26.4 Å². The van der Waals surface area contributed by atoms with E-state index in [-0.39, 0.29) is 29.8 Å². The van der Waals surface area contributed by atoms with Gasteiger partial charge in [0.1, 0.15) is 12.1 Å². The van der Waals surface area contributed by atoms with Crippen LogP contribution < -0.4 is 10.6 Å². The maximum atomic E-state index is 13.6. The highest BCUT2D eigenvalue weighted by Gasteiger charge is 2.07. The smallest absolute Gasteiger partial charge is 0.191 e. The molecule has 0 saturated carbocycles. The number of benzene rings is 2. The fourth-order valence-electron chi connectivity index (χ4n) is 2.50. The molecule has 0 amide bonds. The lowest BCUT2D eigenvalue weighted by Crippen LogP contribution is -2.37. The average Bonchev–Trinajstić information content (AvgIpc) is 3.14. The molecule has 1 aromatic heterocycles.